The minimum atomic E-state index is -0.181. The predicted molar refractivity (Wildman–Crippen MR) is 181 cm³/mol. The van der Waals surface area contributed by atoms with Crippen LogP contribution in [0.1, 0.15) is 55.2 Å². The maximum absolute atomic E-state index is 9.14. The molecule has 8 nitrogen and oxygen atoms in total. The third kappa shape index (κ3) is 13.9. The minimum absolute atomic E-state index is 0.0429. The first-order chi connectivity index (χ1) is 22.0. The van der Waals surface area contributed by atoms with Crippen molar-refractivity contribution in [2.75, 3.05) is 47.8 Å². The fourth-order valence-electron chi connectivity index (χ4n) is 4.75. The Hall–Kier alpha value is -3.66. The molecule has 1 saturated heterocycles. The van der Waals surface area contributed by atoms with Crippen LogP contribution in [0, 0.1) is 0 Å². The Balaban J connectivity index is 0.000000222. The average molecular weight is 622 g/mol. The van der Waals surface area contributed by atoms with Gasteiger partial charge in [-0.05, 0) is 85.1 Å². The van der Waals surface area contributed by atoms with Crippen molar-refractivity contribution in [1.82, 2.24) is 5.32 Å². The summed E-state index contributed by atoms with van der Waals surface area (Å²) in [7, 11) is 4.76. The van der Waals surface area contributed by atoms with E-state index in [1.165, 1.54) is 31.9 Å². The number of hydrogen-bond acceptors (Lipinski definition) is 8. The van der Waals surface area contributed by atoms with Crippen molar-refractivity contribution >= 4 is 10.8 Å². The summed E-state index contributed by atoms with van der Waals surface area (Å²) in [6, 6.07) is 27.4. The Morgan fingerprint density at radius 2 is 1.44 bits per heavy atom. The Kier molecular flexibility index (Phi) is 19.0. The van der Waals surface area contributed by atoms with E-state index in [1.54, 1.807) is 26.4 Å². The lowest BCUT2D eigenvalue weighted by Gasteiger charge is -2.22. The van der Waals surface area contributed by atoms with Crippen LogP contribution in [-0.4, -0.2) is 63.1 Å². The Bertz CT molecular complexity index is 1320. The number of rotatable bonds is 10. The number of phenolic OH excluding ortho intramolecular Hbond substituents is 1. The number of unbranched alkanes of at least 4 members (excludes halogenated alkanes) is 1. The molecule has 0 amide bonds. The van der Waals surface area contributed by atoms with Crippen LogP contribution in [-0.2, 0) is 22.7 Å². The van der Waals surface area contributed by atoms with Gasteiger partial charge in [-0.1, -0.05) is 67.9 Å². The number of benzene rings is 4. The van der Waals surface area contributed by atoms with Gasteiger partial charge in [0.2, 0.25) is 0 Å². The van der Waals surface area contributed by atoms with E-state index in [4.69, 9.17) is 29.5 Å². The van der Waals surface area contributed by atoms with Gasteiger partial charge in [0, 0.05) is 24.7 Å². The molecule has 0 unspecified atom stereocenters. The van der Waals surface area contributed by atoms with Crippen molar-refractivity contribution in [1.29, 1.82) is 0 Å². The summed E-state index contributed by atoms with van der Waals surface area (Å²) in [6.45, 7) is 5.73. The van der Waals surface area contributed by atoms with Crippen molar-refractivity contribution in [3.63, 3.8) is 0 Å². The second-order valence-electron chi connectivity index (χ2n) is 10.4. The standard InChI is InChI=1S/C12H12O2.C12H18O2.C11H15NO.C2H6O2/c1-14-12-7-9(8-13)6-10-4-2-3-5-11(10)12;1-3-4-9-14-10-11-7-5-6-8-12(11)13-2;13-11-3-1-9(2-4-11)10-5-7-12-8-6-10;1-4-2-3/h2-7,13H,8H2,1H3;5-8H,3-4,9-10H2,1-2H3;1-4,10,12-13H,5-8H2;3H,2H2,1H3. The predicted octanol–water partition coefficient (Wildman–Crippen LogP) is 6.79. The van der Waals surface area contributed by atoms with Gasteiger partial charge in [0.05, 0.1) is 27.4 Å². The normalized spacial score (nSPS) is 12.5. The van der Waals surface area contributed by atoms with Crippen LogP contribution in [0.5, 0.6) is 17.2 Å². The molecule has 1 fully saturated rings. The number of piperidine rings is 1. The second-order valence-corrected chi connectivity index (χ2v) is 10.4. The third-order valence-corrected chi connectivity index (χ3v) is 7.21. The first-order valence-electron chi connectivity index (χ1n) is 15.5. The van der Waals surface area contributed by atoms with Crippen LogP contribution < -0.4 is 14.8 Å². The van der Waals surface area contributed by atoms with E-state index in [2.05, 4.69) is 17.0 Å². The summed E-state index contributed by atoms with van der Waals surface area (Å²) in [5.41, 5.74) is 3.35. The molecular formula is C37H51NO7. The van der Waals surface area contributed by atoms with E-state index in [9.17, 15) is 0 Å². The zero-order valence-corrected chi connectivity index (χ0v) is 27.2. The molecule has 1 aliphatic rings. The SMILES string of the molecule is CCCCOCc1ccccc1OC.COCO.COc1cc(CO)cc2ccccc12.Oc1ccc(C2CCNCC2)cc1. The molecule has 4 aromatic carbocycles. The highest BCUT2D eigenvalue weighted by atomic mass is 16.6. The highest BCUT2D eigenvalue weighted by Crippen LogP contribution is 2.28. The topological polar surface area (TPSA) is 110 Å². The van der Waals surface area contributed by atoms with E-state index in [0.29, 0.717) is 18.3 Å². The Labute approximate surface area is 268 Å². The number of aliphatic hydroxyl groups is 2. The smallest absolute Gasteiger partial charge is 0.143 e. The van der Waals surface area contributed by atoms with Crippen LogP contribution in [0.4, 0.5) is 0 Å². The summed E-state index contributed by atoms with van der Waals surface area (Å²) in [5.74, 6) is 2.76. The number of nitrogens with one attached hydrogen (secondary N) is 1. The molecular weight excluding hydrogens is 570 g/mol. The van der Waals surface area contributed by atoms with Gasteiger partial charge in [-0.25, -0.2) is 0 Å². The number of phenols is 1. The summed E-state index contributed by atoms with van der Waals surface area (Å²) in [4.78, 5) is 0. The monoisotopic (exact) mass is 621 g/mol. The largest absolute Gasteiger partial charge is 0.508 e. The van der Waals surface area contributed by atoms with Crippen molar-refractivity contribution in [3.8, 4) is 17.2 Å². The van der Waals surface area contributed by atoms with Crippen molar-refractivity contribution < 1.29 is 34.3 Å². The van der Waals surface area contributed by atoms with E-state index in [-0.39, 0.29) is 13.4 Å². The van der Waals surface area contributed by atoms with Gasteiger partial charge in [0.1, 0.15) is 24.0 Å². The van der Waals surface area contributed by atoms with Crippen molar-refractivity contribution in [2.24, 2.45) is 0 Å². The molecule has 4 aromatic rings. The quantitative estimate of drug-likeness (QED) is 0.113. The fraction of sp³-hybridized carbons (Fsp3) is 0.405. The van der Waals surface area contributed by atoms with Crippen LogP contribution in [0.2, 0.25) is 0 Å². The molecule has 0 radical (unpaired) electrons. The first kappa shape index (κ1) is 37.5. The fourth-order valence-corrected chi connectivity index (χ4v) is 4.75. The molecule has 45 heavy (non-hydrogen) atoms. The zero-order chi connectivity index (χ0) is 32.7. The van der Waals surface area contributed by atoms with E-state index in [1.807, 2.05) is 72.8 Å². The van der Waals surface area contributed by atoms with E-state index >= 15 is 0 Å². The third-order valence-electron chi connectivity index (χ3n) is 7.21. The summed E-state index contributed by atoms with van der Waals surface area (Å²) < 4.78 is 20.1. The van der Waals surface area contributed by atoms with Gasteiger partial charge in [0.15, 0.2) is 0 Å². The molecule has 4 N–H and O–H groups in total. The number of fused-ring (bicyclic) bond motifs is 1. The summed E-state index contributed by atoms with van der Waals surface area (Å²) in [5, 5.41) is 31.4. The molecule has 1 aliphatic heterocycles. The highest BCUT2D eigenvalue weighted by molar-refractivity contribution is 5.89. The van der Waals surface area contributed by atoms with Gasteiger partial charge >= 0.3 is 0 Å². The number of methoxy groups -OCH3 is 3. The molecule has 1 heterocycles. The lowest BCUT2D eigenvalue weighted by molar-refractivity contribution is 0.0325. The van der Waals surface area contributed by atoms with Gasteiger partial charge in [-0.2, -0.15) is 0 Å². The van der Waals surface area contributed by atoms with Gasteiger partial charge in [-0.15, -0.1) is 0 Å². The molecule has 0 aromatic heterocycles. The Morgan fingerprint density at radius 1 is 0.800 bits per heavy atom. The van der Waals surface area contributed by atoms with Gasteiger partial charge in [-0.3, -0.25) is 0 Å². The molecule has 0 atom stereocenters. The number of ether oxygens (including phenoxy) is 4. The first-order valence-corrected chi connectivity index (χ1v) is 15.5. The lowest BCUT2D eigenvalue weighted by Crippen LogP contribution is -2.26. The van der Waals surface area contributed by atoms with Crippen LogP contribution >= 0.6 is 0 Å². The molecule has 0 aliphatic carbocycles. The number of hydrogen-bond donors (Lipinski definition) is 4. The molecule has 246 valence electrons. The maximum atomic E-state index is 9.14. The molecule has 8 heteroatoms. The molecule has 0 bridgehead atoms. The summed E-state index contributed by atoms with van der Waals surface area (Å²) in [6.07, 6.45) is 4.72. The lowest BCUT2D eigenvalue weighted by atomic mass is 9.90. The van der Waals surface area contributed by atoms with Crippen molar-refractivity contribution in [3.05, 3.63) is 102 Å². The maximum Gasteiger partial charge on any atom is 0.143 e. The summed E-state index contributed by atoms with van der Waals surface area (Å²) >= 11 is 0. The van der Waals surface area contributed by atoms with Gasteiger partial charge in [0.25, 0.3) is 0 Å². The zero-order valence-electron chi connectivity index (χ0n) is 27.2. The molecule has 5 rings (SSSR count). The molecule has 0 saturated carbocycles. The Morgan fingerprint density at radius 3 is 2.07 bits per heavy atom. The number of aromatic hydroxyl groups is 1. The van der Waals surface area contributed by atoms with Crippen LogP contribution in [0.25, 0.3) is 10.8 Å². The average Bonchev–Trinajstić information content (AvgIpc) is 3.11. The number of para-hydroxylation sites is 1. The van der Waals surface area contributed by atoms with Crippen LogP contribution in [0.3, 0.4) is 0 Å². The highest BCUT2D eigenvalue weighted by Gasteiger charge is 2.14. The number of aliphatic hydroxyl groups excluding tert-OH is 2. The molecule has 0 spiro atoms. The van der Waals surface area contributed by atoms with E-state index in [0.717, 1.165) is 59.5 Å². The van der Waals surface area contributed by atoms with Crippen LogP contribution in [0.15, 0.2) is 84.9 Å². The minimum Gasteiger partial charge on any atom is -0.508 e. The van der Waals surface area contributed by atoms with Gasteiger partial charge < -0.3 is 39.6 Å². The second kappa shape index (κ2) is 22.8. The van der Waals surface area contributed by atoms with Crippen molar-refractivity contribution in [2.45, 2.75) is 51.7 Å². The van der Waals surface area contributed by atoms with E-state index < -0.39 is 0 Å².